The summed E-state index contributed by atoms with van der Waals surface area (Å²) in [5, 5.41) is 3.48. The van der Waals surface area contributed by atoms with E-state index in [0.717, 1.165) is 5.56 Å². The molecule has 0 aliphatic rings. The number of anilines is 1. The SMILES string of the molecule is COc1cccc(NC(=O)C(Cc2ccccc2)NS(=O)(=O)c2cccc3cccnc23)c1. The van der Waals surface area contributed by atoms with Crippen LogP contribution in [0.4, 0.5) is 5.69 Å². The number of hydrogen-bond donors (Lipinski definition) is 2. The van der Waals surface area contributed by atoms with Crippen molar-refractivity contribution < 1.29 is 17.9 Å². The van der Waals surface area contributed by atoms with Crippen molar-refractivity contribution in [2.75, 3.05) is 12.4 Å². The standard InChI is InChI=1S/C25H23N3O4S/c1-32-21-13-6-12-20(17-21)27-25(29)22(16-18-8-3-2-4-9-18)28-33(30,31)23-14-5-10-19-11-7-15-26-24(19)23/h2-15,17,22,28H,16H2,1H3,(H,27,29). The van der Waals surface area contributed by atoms with Crippen LogP contribution in [0.15, 0.2) is 96.0 Å². The molecule has 4 rings (SSSR count). The van der Waals surface area contributed by atoms with Gasteiger partial charge in [-0.15, -0.1) is 0 Å². The van der Waals surface area contributed by atoms with Crippen LogP contribution in [-0.2, 0) is 21.2 Å². The molecule has 0 bridgehead atoms. The third-order valence-electron chi connectivity index (χ3n) is 5.12. The molecule has 2 N–H and O–H groups in total. The van der Waals surface area contributed by atoms with Crippen LogP contribution >= 0.6 is 0 Å². The molecule has 8 heteroatoms. The molecule has 0 radical (unpaired) electrons. The van der Waals surface area contributed by atoms with E-state index < -0.39 is 22.0 Å². The van der Waals surface area contributed by atoms with Crippen molar-refractivity contribution in [2.24, 2.45) is 0 Å². The first-order chi connectivity index (χ1) is 16.0. The van der Waals surface area contributed by atoms with E-state index in [9.17, 15) is 13.2 Å². The lowest BCUT2D eigenvalue weighted by atomic mass is 10.1. The van der Waals surface area contributed by atoms with Gasteiger partial charge in [-0.1, -0.05) is 54.6 Å². The van der Waals surface area contributed by atoms with Gasteiger partial charge >= 0.3 is 0 Å². The molecule has 1 atom stereocenters. The molecule has 1 amide bonds. The Balaban J connectivity index is 1.66. The first-order valence-electron chi connectivity index (χ1n) is 10.3. The van der Waals surface area contributed by atoms with Gasteiger partial charge in [0.2, 0.25) is 15.9 Å². The number of pyridine rings is 1. The van der Waals surface area contributed by atoms with Crippen LogP contribution in [0.2, 0.25) is 0 Å². The average Bonchev–Trinajstić information content (AvgIpc) is 2.84. The van der Waals surface area contributed by atoms with Crippen LogP contribution in [-0.4, -0.2) is 32.5 Å². The number of nitrogens with zero attached hydrogens (tertiary/aromatic N) is 1. The molecule has 0 saturated heterocycles. The summed E-state index contributed by atoms with van der Waals surface area (Å²) in [5.41, 5.74) is 1.67. The molecule has 4 aromatic rings. The van der Waals surface area contributed by atoms with E-state index in [1.54, 1.807) is 48.5 Å². The van der Waals surface area contributed by atoms with Crippen LogP contribution in [0.1, 0.15) is 5.56 Å². The van der Waals surface area contributed by atoms with Gasteiger partial charge in [0.25, 0.3) is 0 Å². The van der Waals surface area contributed by atoms with E-state index in [-0.39, 0.29) is 11.3 Å². The van der Waals surface area contributed by atoms with Crippen molar-refractivity contribution in [1.82, 2.24) is 9.71 Å². The molecule has 3 aromatic carbocycles. The van der Waals surface area contributed by atoms with Gasteiger partial charge in [0.05, 0.1) is 12.6 Å². The Kier molecular flexibility index (Phi) is 6.67. The van der Waals surface area contributed by atoms with Crippen molar-refractivity contribution in [1.29, 1.82) is 0 Å². The minimum absolute atomic E-state index is 0.0212. The number of carbonyl (C=O) groups is 1. The van der Waals surface area contributed by atoms with Crippen LogP contribution in [0.3, 0.4) is 0 Å². The highest BCUT2D eigenvalue weighted by Gasteiger charge is 2.28. The topological polar surface area (TPSA) is 97.4 Å². The molecule has 0 fully saturated rings. The van der Waals surface area contributed by atoms with Crippen molar-refractivity contribution in [2.45, 2.75) is 17.4 Å². The first-order valence-corrected chi connectivity index (χ1v) is 11.8. The zero-order valence-corrected chi connectivity index (χ0v) is 18.7. The molecular formula is C25H23N3O4S. The van der Waals surface area contributed by atoms with Gasteiger partial charge in [-0.25, -0.2) is 8.42 Å². The Labute approximate surface area is 192 Å². The lowest BCUT2D eigenvalue weighted by Gasteiger charge is -2.19. The van der Waals surface area contributed by atoms with Gasteiger partial charge in [-0.2, -0.15) is 4.72 Å². The van der Waals surface area contributed by atoms with E-state index in [4.69, 9.17) is 4.74 Å². The summed E-state index contributed by atoms with van der Waals surface area (Å²) in [7, 11) is -2.52. The minimum atomic E-state index is -4.05. The number of rotatable bonds is 8. The summed E-state index contributed by atoms with van der Waals surface area (Å²) in [6.45, 7) is 0. The second kappa shape index (κ2) is 9.81. The van der Waals surface area contributed by atoms with Crippen LogP contribution < -0.4 is 14.8 Å². The van der Waals surface area contributed by atoms with E-state index in [2.05, 4.69) is 15.0 Å². The largest absolute Gasteiger partial charge is 0.497 e. The second-order valence-electron chi connectivity index (χ2n) is 7.42. The highest BCUT2D eigenvalue weighted by atomic mass is 32.2. The predicted octanol–water partition coefficient (Wildman–Crippen LogP) is 3.77. The lowest BCUT2D eigenvalue weighted by Crippen LogP contribution is -2.45. The number of aromatic nitrogens is 1. The molecule has 0 spiro atoms. The maximum absolute atomic E-state index is 13.4. The number of methoxy groups -OCH3 is 1. The maximum Gasteiger partial charge on any atom is 0.243 e. The monoisotopic (exact) mass is 461 g/mol. The number of amides is 1. The highest BCUT2D eigenvalue weighted by molar-refractivity contribution is 7.89. The van der Waals surface area contributed by atoms with Crippen molar-refractivity contribution in [3.8, 4) is 5.75 Å². The molecule has 1 heterocycles. The fourth-order valence-corrected chi connectivity index (χ4v) is 4.89. The van der Waals surface area contributed by atoms with Gasteiger partial charge in [-0.3, -0.25) is 9.78 Å². The Bertz CT molecular complexity index is 1370. The average molecular weight is 462 g/mol. The number of nitrogens with one attached hydrogen (secondary N) is 2. The van der Waals surface area contributed by atoms with E-state index >= 15 is 0 Å². The number of para-hydroxylation sites is 1. The van der Waals surface area contributed by atoms with Crippen molar-refractivity contribution >= 4 is 32.5 Å². The maximum atomic E-state index is 13.4. The number of carbonyl (C=O) groups excluding carboxylic acids is 1. The van der Waals surface area contributed by atoms with Gasteiger partial charge in [0.1, 0.15) is 16.7 Å². The Morgan fingerprint density at radius 2 is 1.73 bits per heavy atom. The van der Waals surface area contributed by atoms with Gasteiger partial charge < -0.3 is 10.1 Å². The normalized spacial score (nSPS) is 12.3. The van der Waals surface area contributed by atoms with Gasteiger partial charge in [0, 0.05) is 23.3 Å². The number of fused-ring (bicyclic) bond motifs is 1. The molecule has 1 aromatic heterocycles. The fraction of sp³-hybridized carbons (Fsp3) is 0.120. The highest BCUT2D eigenvalue weighted by Crippen LogP contribution is 2.22. The lowest BCUT2D eigenvalue weighted by molar-refractivity contribution is -0.117. The smallest absolute Gasteiger partial charge is 0.243 e. The number of sulfonamides is 1. The van der Waals surface area contributed by atoms with E-state index in [1.165, 1.54) is 19.4 Å². The van der Waals surface area contributed by atoms with Crippen LogP contribution in [0.5, 0.6) is 5.75 Å². The summed E-state index contributed by atoms with van der Waals surface area (Å²) < 4.78 is 34.5. The minimum Gasteiger partial charge on any atom is -0.497 e. The number of ether oxygens (including phenoxy) is 1. The third-order valence-corrected chi connectivity index (χ3v) is 6.62. The quantitative estimate of drug-likeness (QED) is 0.416. The fourth-order valence-electron chi connectivity index (χ4n) is 3.51. The summed E-state index contributed by atoms with van der Waals surface area (Å²) in [6, 6.07) is 23.5. The molecular weight excluding hydrogens is 438 g/mol. The molecule has 1 unspecified atom stereocenters. The Morgan fingerprint density at radius 1 is 0.970 bits per heavy atom. The number of benzene rings is 3. The van der Waals surface area contributed by atoms with E-state index in [0.29, 0.717) is 22.3 Å². The molecule has 7 nitrogen and oxygen atoms in total. The Hall–Kier alpha value is -3.75. The number of hydrogen-bond acceptors (Lipinski definition) is 5. The summed E-state index contributed by atoms with van der Waals surface area (Å²) in [6.07, 6.45) is 1.71. The van der Waals surface area contributed by atoms with Gasteiger partial charge in [-0.05, 0) is 36.2 Å². The van der Waals surface area contributed by atoms with Crippen LogP contribution in [0.25, 0.3) is 10.9 Å². The molecule has 0 aliphatic carbocycles. The van der Waals surface area contributed by atoms with Crippen LogP contribution in [0, 0.1) is 0 Å². The zero-order valence-electron chi connectivity index (χ0n) is 17.9. The third kappa shape index (κ3) is 5.36. The van der Waals surface area contributed by atoms with Gasteiger partial charge in [0.15, 0.2) is 0 Å². The molecule has 168 valence electrons. The summed E-state index contributed by atoms with van der Waals surface area (Å²) in [4.78, 5) is 17.5. The molecule has 0 saturated carbocycles. The molecule has 33 heavy (non-hydrogen) atoms. The second-order valence-corrected chi connectivity index (χ2v) is 9.10. The van der Waals surface area contributed by atoms with E-state index in [1.807, 2.05) is 30.3 Å². The Morgan fingerprint density at radius 3 is 2.52 bits per heavy atom. The molecule has 0 aliphatic heterocycles. The first kappa shape index (κ1) is 22.4. The summed E-state index contributed by atoms with van der Waals surface area (Å²) >= 11 is 0. The summed E-state index contributed by atoms with van der Waals surface area (Å²) in [5.74, 6) is 0.0960. The zero-order chi connectivity index (χ0) is 23.3. The van der Waals surface area contributed by atoms with Crippen molar-refractivity contribution in [3.05, 3.63) is 96.7 Å². The predicted molar refractivity (Wildman–Crippen MR) is 128 cm³/mol. The van der Waals surface area contributed by atoms with Crippen molar-refractivity contribution in [3.63, 3.8) is 0 Å².